The van der Waals surface area contributed by atoms with Crippen LogP contribution in [0.4, 0.5) is 13.2 Å². The van der Waals surface area contributed by atoms with E-state index in [0.717, 1.165) is 6.07 Å². The van der Waals surface area contributed by atoms with E-state index < -0.39 is 28.6 Å². The van der Waals surface area contributed by atoms with Crippen LogP contribution in [0.3, 0.4) is 0 Å². The summed E-state index contributed by atoms with van der Waals surface area (Å²) < 4.78 is 39.0. The zero-order valence-electron chi connectivity index (χ0n) is 7.81. The molecule has 0 bridgehead atoms. The van der Waals surface area contributed by atoms with Crippen LogP contribution in [0.25, 0.3) is 0 Å². The lowest BCUT2D eigenvalue weighted by Crippen LogP contribution is -2.23. The maximum Gasteiger partial charge on any atom is 0.574 e. The third-order valence-corrected chi connectivity index (χ3v) is 1.82. The van der Waals surface area contributed by atoms with Crippen LogP contribution in [0.1, 0.15) is 15.9 Å². The van der Waals surface area contributed by atoms with Crippen LogP contribution in [0.5, 0.6) is 5.88 Å². The molecule has 16 heavy (non-hydrogen) atoms. The normalized spacial score (nSPS) is 11.3. The van der Waals surface area contributed by atoms with Crippen molar-refractivity contribution in [3.63, 3.8) is 0 Å². The zero-order valence-corrected chi connectivity index (χ0v) is 8.57. The van der Waals surface area contributed by atoms with Gasteiger partial charge in [-0.05, 0) is 24.1 Å². The maximum atomic E-state index is 11.8. The van der Waals surface area contributed by atoms with Crippen molar-refractivity contribution in [2.45, 2.75) is 13.3 Å². The smallest absolute Gasteiger partial charge is 0.390 e. The number of nitrogens with one attached hydrogen (secondary N) is 1. The SMILES string of the molecule is Cc1cc(OC(F)(F)F)[nH]c(=O)c1C(=O)Cl. The summed E-state index contributed by atoms with van der Waals surface area (Å²) in [6, 6.07) is 0.866. The standard InChI is InChI=1S/C8H5ClF3NO3/c1-3-2-4(16-8(10,11)12)13-7(15)5(3)6(9)14/h2H,1H3,(H,13,15). The van der Waals surface area contributed by atoms with Crippen LogP contribution in [0.2, 0.25) is 0 Å². The van der Waals surface area contributed by atoms with Crippen molar-refractivity contribution in [3.05, 3.63) is 27.5 Å². The number of halogens is 4. The first-order valence-corrected chi connectivity index (χ1v) is 4.28. The summed E-state index contributed by atoms with van der Waals surface area (Å²) in [5.74, 6) is -0.795. The lowest BCUT2D eigenvalue weighted by Gasteiger charge is -2.09. The highest BCUT2D eigenvalue weighted by Gasteiger charge is 2.32. The van der Waals surface area contributed by atoms with Gasteiger partial charge in [0.15, 0.2) is 0 Å². The predicted molar refractivity (Wildman–Crippen MR) is 48.7 cm³/mol. The van der Waals surface area contributed by atoms with E-state index in [1.54, 1.807) is 4.98 Å². The molecule has 0 amide bonds. The summed E-state index contributed by atoms with van der Waals surface area (Å²) in [5.41, 5.74) is -1.43. The molecule has 0 aliphatic rings. The molecule has 88 valence electrons. The number of aryl methyl sites for hydroxylation is 1. The molecule has 0 fully saturated rings. The largest absolute Gasteiger partial charge is 0.574 e. The van der Waals surface area contributed by atoms with Crippen molar-refractivity contribution in [2.24, 2.45) is 0 Å². The highest BCUT2D eigenvalue weighted by atomic mass is 35.5. The van der Waals surface area contributed by atoms with Gasteiger partial charge >= 0.3 is 6.36 Å². The number of carbonyl (C=O) groups excluding carboxylic acids is 1. The van der Waals surface area contributed by atoms with Gasteiger partial charge in [-0.1, -0.05) is 0 Å². The van der Waals surface area contributed by atoms with Gasteiger partial charge < -0.3 is 4.74 Å². The topological polar surface area (TPSA) is 59.2 Å². The van der Waals surface area contributed by atoms with Gasteiger partial charge in [-0.2, -0.15) is 0 Å². The zero-order chi connectivity index (χ0) is 12.5. The predicted octanol–water partition coefficient (Wildman–Crippen LogP) is 1.96. The number of hydrogen-bond acceptors (Lipinski definition) is 3. The molecule has 1 aromatic heterocycles. The fourth-order valence-corrected chi connectivity index (χ4v) is 1.32. The molecule has 0 aliphatic heterocycles. The molecule has 0 saturated carbocycles. The fraction of sp³-hybridized carbons (Fsp3) is 0.250. The van der Waals surface area contributed by atoms with Gasteiger partial charge in [-0.15, -0.1) is 13.2 Å². The van der Waals surface area contributed by atoms with Gasteiger partial charge in [0.05, 0.1) is 0 Å². The molecule has 1 aromatic rings. The number of aromatic nitrogens is 1. The molecule has 8 heteroatoms. The highest BCUT2D eigenvalue weighted by Crippen LogP contribution is 2.21. The maximum absolute atomic E-state index is 11.8. The second-order valence-corrected chi connectivity index (χ2v) is 3.19. The summed E-state index contributed by atoms with van der Waals surface area (Å²) in [6.45, 7) is 1.27. The molecule has 0 saturated heterocycles. The van der Waals surface area contributed by atoms with Crippen molar-refractivity contribution < 1.29 is 22.7 Å². The minimum atomic E-state index is -4.91. The van der Waals surface area contributed by atoms with E-state index in [2.05, 4.69) is 4.74 Å². The van der Waals surface area contributed by atoms with Crippen LogP contribution in [-0.4, -0.2) is 16.6 Å². The molecule has 0 aliphatic carbocycles. The number of H-pyrrole nitrogens is 1. The van der Waals surface area contributed by atoms with Gasteiger partial charge in [0, 0.05) is 6.07 Å². The number of alkyl halides is 3. The number of carbonyl (C=O) groups is 1. The molecule has 4 nitrogen and oxygen atoms in total. The number of ether oxygens (including phenoxy) is 1. The Morgan fingerprint density at radius 2 is 2.06 bits per heavy atom. The van der Waals surface area contributed by atoms with E-state index in [1.807, 2.05) is 0 Å². The van der Waals surface area contributed by atoms with Crippen LogP contribution in [0, 0.1) is 6.92 Å². The van der Waals surface area contributed by atoms with Gasteiger partial charge in [0.2, 0.25) is 5.88 Å². The molecular formula is C8H5ClF3NO3. The minimum absolute atomic E-state index is 0.00278. The second kappa shape index (κ2) is 4.17. The van der Waals surface area contributed by atoms with Crippen molar-refractivity contribution in [3.8, 4) is 5.88 Å². The molecule has 0 aromatic carbocycles. The van der Waals surface area contributed by atoms with E-state index in [-0.39, 0.29) is 5.56 Å². The Balaban J connectivity index is 3.21. The van der Waals surface area contributed by atoms with E-state index in [9.17, 15) is 22.8 Å². The Hall–Kier alpha value is -1.50. The van der Waals surface area contributed by atoms with E-state index in [4.69, 9.17) is 11.6 Å². The number of hydrogen-bond donors (Lipinski definition) is 1. The molecule has 0 atom stereocenters. The molecular weight excluding hydrogens is 251 g/mol. The van der Waals surface area contributed by atoms with Gasteiger partial charge in [0.1, 0.15) is 5.56 Å². The van der Waals surface area contributed by atoms with Gasteiger partial charge in [-0.3, -0.25) is 14.6 Å². The molecule has 0 spiro atoms. The van der Waals surface area contributed by atoms with Gasteiger partial charge in [0.25, 0.3) is 10.8 Å². The average molecular weight is 256 g/mol. The Morgan fingerprint density at radius 3 is 2.44 bits per heavy atom. The Bertz CT molecular complexity index is 480. The lowest BCUT2D eigenvalue weighted by atomic mass is 10.2. The summed E-state index contributed by atoms with van der Waals surface area (Å²) in [6.07, 6.45) is -4.91. The van der Waals surface area contributed by atoms with Crippen LogP contribution >= 0.6 is 11.6 Å². The fourth-order valence-electron chi connectivity index (χ4n) is 1.08. The first kappa shape index (κ1) is 12.6. The average Bonchev–Trinajstić information content (AvgIpc) is 1.96. The monoisotopic (exact) mass is 255 g/mol. The summed E-state index contributed by atoms with van der Waals surface area (Å²) in [4.78, 5) is 23.7. The van der Waals surface area contributed by atoms with E-state index >= 15 is 0 Å². The summed E-state index contributed by atoms with van der Waals surface area (Å²) in [5, 5.41) is -1.04. The second-order valence-electron chi connectivity index (χ2n) is 2.84. The number of rotatable bonds is 2. The third-order valence-electron chi connectivity index (χ3n) is 1.63. The minimum Gasteiger partial charge on any atom is -0.390 e. The van der Waals surface area contributed by atoms with Crippen molar-refractivity contribution in [2.75, 3.05) is 0 Å². The summed E-state index contributed by atoms with van der Waals surface area (Å²) in [7, 11) is 0. The summed E-state index contributed by atoms with van der Waals surface area (Å²) >= 11 is 5.08. The van der Waals surface area contributed by atoms with Gasteiger partial charge in [-0.25, -0.2) is 0 Å². The molecule has 0 unspecified atom stereocenters. The Kier molecular flexibility index (Phi) is 3.27. The lowest BCUT2D eigenvalue weighted by molar-refractivity contribution is -0.276. The first-order valence-electron chi connectivity index (χ1n) is 3.90. The first-order chi connectivity index (χ1) is 7.20. The van der Waals surface area contributed by atoms with Crippen molar-refractivity contribution in [1.82, 2.24) is 4.98 Å². The van der Waals surface area contributed by atoms with E-state index in [0.29, 0.717) is 0 Å². The Morgan fingerprint density at radius 1 is 1.50 bits per heavy atom. The third kappa shape index (κ3) is 2.99. The number of pyridine rings is 1. The Labute approximate surface area is 92.0 Å². The quantitative estimate of drug-likeness (QED) is 0.822. The molecule has 1 heterocycles. The van der Waals surface area contributed by atoms with E-state index in [1.165, 1.54) is 6.92 Å². The van der Waals surface area contributed by atoms with Crippen LogP contribution < -0.4 is 10.3 Å². The van der Waals surface area contributed by atoms with Crippen molar-refractivity contribution >= 4 is 16.8 Å². The number of aromatic amines is 1. The van der Waals surface area contributed by atoms with Crippen molar-refractivity contribution in [1.29, 1.82) is 0 Å². The molecule has 1 rings (SSSR count). The highest BCUT2D eigenvalue weighted by molar-refractivity contribution is 6.67. The van der Waals surface area contributed by atoms with Crippen LogP contribution in [-0.2, 0) is 0 Å². The molecule has 0 radical (unpaired) electrons. The molecule has 1 N–H and O–H groups in total. The van der Waals surface area contributed by atoms with Crippen LogP contribution in [0.15, 0.2) is 10.9 Å².